The average molecular weight is 878 g/mol. The molecule has 0 radical (unpaired) electrons. The molecule has 6 rings (SSSR count). The minimum atomic E-state index is -1.43. The molecule has 1 aromatic carbocycles. The number of aliphatic hydroxyl groups excluding tert-OH is 1. The summed E-state index contributed by atoms with van der Waals surface area (Å²) in [7, 11) is 3.76. The van der Waals surface area contributed by atoms with Crippen LogP contribution in [0.4, 0.5) is 4.79 Å². The summed E-state index contributed by atoms with van der Waals surface area (Å²) in [5.74, 6) is -5.23. The van der Waals surface area contributed by atoms with Crippen LogP contribution in [0.15, 0.2) is 42.6 Å². The Morgan fingerprint density at radius 3 is 2.51 bits per heavy atom. The van der Waals surface area contributed by atoms with Crippen LogP contribution in [0.2, 0.25) is 0 Å². The Balaban J connectivity index is 1.39. The van der Waals surface area contributed by atoms with Crippen LogP contribution in [-0.2, 0) is 38.1 Å². The van der Waals surface area contributed by atoms with Crippen molar-refractivity contribution < 1.29 is 48.0 Å². The van der Waals surface area contributed by atoms with E-state index in [1.807, 2.05) is 89.2 Å². The number of nitrogens with zero attached hydrogens (tertiary/aromatic N) is 3. The average Bonchev–Trinajstić information content (AvgIpc) is 3.89. The number of ether oxygens (including phenoxy) is 5. The molecule has 63 heavy (non-hydrogen) atoms. The number of likely N-dealkylation sites (N-methyl/N-ethyl adjacent to an activating group) is 1. The highest BCUT2D eigenvalue weighted by Crippen LogP contribution is 2.40. The zero-order valence-electron chi connectivity index (χ0n) is 38.7. The highest BCUT2D eigenvalue weighted by atomic mass is 16.7. The number of carbonyl (C=O) groups excluding carboxylic acids is 4. The Morgan fingerprint density at radius 2 is 1.79 bits per heavy atom. The number of likely N-dealkylation sites (tertiary alicyclic amines) is 1. The maximum absolute atomic E-state index is 15.2. The molecule has 2 aromatic rings. The molecule has 4 aliphatic heterocycles. The second-order valence-electron chi connectivity index (χ2n) is 18.9. The van der Waals surface area contributed by atoms with Gasteiger partial charge in [0.2, 0.25) is 0 Å². The first-order valence-corrected chi connectivity index (χ1v) is 23.0. The van der Waals surface area contributed by atoms with Gasteiger partial charge in [-0.3, -0.25) is 19.4 Å². The number of aromatic nitrogens is 1. The number of pyridine rings is 1. The predicted molar refractivity (Wildman–Crippen MR) is 239 cm³/mol. The van der Waals surface area contributed by atoms with Crippen LogP contribution in [0, 0.1) is 23.7 Å². The lowest BCUT2D eigenvalue weighted by atomic mass is 9.73. The van der Waals surface area contributed by atoms with Crippen molar-refractivity contribution >= 4 is 40.6 Å². The minimum absolute atomic E-state index is 0.0532. The largest absolute Gasteiger partial charge is 0.458 e. The van der Waals surface area contributed by atoms with E-state index in [0.29, 0.717) is 13.0 Å². The number of nitrogens with one attached hydrogen (secondary N) is 2. The van der Waals surface area contributed by atoms with E-state index in [1.54, 1.807) is 20.0 Å². The van der Waals surface area contributed by atoms with Gasteiger partial charge in [-0.15, -0.1) is 0 Å². The number of cyclic esters (lactones) is 1. The van der Waals surface area contributed by atoms with Crippen molar-refractivity contribution in [1.29, 1.82) is 0 Å². The van der Waals surface area contributed by atoms with E-state index in [-0.39, 0.29) is 43.9 Å². The van der Waals surface area contributed by atoms with Crippen molar-refractivity contribution in [3.63, 3.8) is 0 Å². The molecule has 0 spiro atoms. The van der Waals surface area contributed by atoms with Gasteiger partial charge in [-0.1, -0.05) is 51.1 Å². The smallest absolute Gasteiger partial charge is 0.408 e. The van der Waals surface area contributed by atoms with Crippen LogP contribution in [0.5, 0.6) is 0 Å². The molecular weight excluding hydrogens is 807 g/mol. The topological polar surface area (TPSA) is 178 Å². The van der Waals surface area contributed by atoms with Crippen LogP contribution in [-0.4, -0.2) is 151 Å². The fourth-order valence-corrected chi connectivity index (χ4v) is 10.2. The molecule has 15 nitrogen and oxygen atoms in total. The van der Waals surface area contributed by atoms with E-state index >= 15 is 4.79 Å². The number of hydrogen-bond acceptors (Lipinski definition) is 14. The van der Waals surface area contributed by atoms with Gasteiger partial charge in [0.15, 0.2) is 17.7 Å². The molecule has 13 atom stereocenters. The number of esters is 1. The van der Waals surface area contributed by atoms with Gasteiger partial charge in [-0.25, -0.2) is 4.79 Å². The number of amides is 1. The highest BCUT2D eigenvalue weighted by Gasteiger charge is 2.58. The van der Waals surface area contributed by atoms with Crippen LogP contribution in [0.1, 0.15) is 86.1 Å². The SMILES string of the molecule is CC[C@H]1OC(=O)[C@H](C)C(=O)[C@H](C)[C@@H](O[C@@H]2O[C@H](C)C[C@H](N(C)C)[C@H]2O)[C@@](C)(OC/C=C/c2cnc3ccccc3c2)C[C@@H](C)C(=O)[C@H](CNCCN2CCCC2)[C@H]2NC(=O)O[C@@]21C. The molecular formula is C48H71N5O10. The number of alkyl carbamates (subject to hydrolysis) is 1. The Bertz CT molecular complexity index is 1940. The molecule has 0 aliphatic carbocycles. The predicted octanol–water partition coefficient (Wildman–Crippen LogP) is 4.78. The number of carbonyl (C=O) groups is 4. The van der Waals surface area contributed by atoms with Crippen LogP contribution >= 0.6 is 0 Å². The lowest BCUT2D eigenvalue weighted by molar-refractivity contribution is -0.296. The third-order valence-corrected chi connectivity index (χ3v) is 13.9. The molecule has 5 heterocycles. The van der Waals surface area contributed by atoms with Gasteiger partial charge < -0.3 is 49.2 Å². The molecule has 4 fully saturated rings. The summed E-state index contributed by atoms with van der Waals surface area (Å²) in [4.78, 5) is 66.1. The lowest BCUT2D eigenvalue weighted by Gasteiger charge is -2.47. The first kappa shape index (κ1) is 48.6. The van der Waals surface area contributed by atoms with Crippen LogP contribution < -0.4 is 10.6 Å². The molecule has 1 aromatic heterocycles. The molecule has 4 aliphatic rings. The lowest BCUT2D eigenvalue weighted by Crippen LogP contribution is -2.61. The van der Waals surface area contributed by atoms with Gasteiger partial charge >= 0.3 is 12.1 Å². The number of Topliss-reactive ketones (excluding diaryl/α,β-unsaturated/α-hetero) is 2. The van der Waals surface area contributed by atoms with Crippen molar-refractivity contribution in [2.75, 3.05) is 53.4 Å². The molecule has 0 unspecified atom stereocenters. The number of fused-ring (bicyclic) bond motifs is 2. The number of ketones is 2. The maximum Gasteiger partial charge on any atom is 0.408 e. The fourth-order valence-electron chi connectivity index (χ4n) is 10.2. The van der Waals surface area contributed by atoms with Gasteiger partial charge in [-0.05, 0) is 105 Å². The van der Waals surface area contributed by atoms with Crippen LogP contribution in [0.3, 0.4) is 0 Å². The molecule has 4 saturated heterocycles. The van der Waals surface area contributed by atoms with Gasteiger partial charge in [0.05, 0.1) is 41.9 Å². The van der Waals surface area contributed by atoms with E-state index in [9.17, 15) is 19.5 Å². The fraction of sp³-hybridized carbons (Fsp3) is 0.688. The van der Waals surface area contributed by atoms with Gasteiger partial charge in [0.1, 0.15) is 23.9 Å². The summed E-state index contributed by atoms with van der Waals surface area (Å²) in [5, 5.41) is 19.2. The number of para-hydroxylation sites is 1. The van der Waals surface area contributed by atoms with E-state index < -0.39 is 83.4 Å². The molecule has 0 bridgehead atoms. The summed E-state index contributed by atoms with van der Waals surface area (Å²) < 4.78 is 32.1. The first-order chi connectivity index (χ1) is 29.9. The second-order valence-corrected chi connectivity index (χ2v) is 18.9. The molecule has 15 heteroatoms. The molecule has 0 saturated carbocycles. The van der Waals surface area contributed by atoms with Gasteiger partial charge in [0.25, 0.3) is 0 Å². The van der Waals surface area contributed by atoms with Crippen molar-refractivity contribution in [3.05, 3.63) is 48.2 Å². The van der Waals surface area contributed by atoms with E-state index in [4.69, 9.17) is 23.7 Å². The number of aliphatic hydroxyl groups is 1. The maximum atomic E-state index is 15.2. The summed E-state index contributed by atoms with van der Waals surface area (Å²) in [5.41, 5.74) is -1.09. The molecule has 3 N–H and O–H groups in total. The zero-order chi connectivity index (χ0) is 45.6. The normalized spacial score (nSPS) is 36.3. The van der Waals surface area contributed by atoms with Gasteiger partial charge in [-0.2, -0.15) is 0 Å². The molecule has 348 valence electrons. The van der Waals surface area contributed by atoms with Crippen molar-refractivity contribution in [2.45, 2.75) is 135 Å². The third-order valence-electron chi connectivity index (χ3n) is 13.9. The monoisotopic (exact) mass is 878 g/mol. The summed E-state index contributed by atoms with van der Waals surface area (Å²) >= 11 is 0. The summed E-state index contributed by atoms with van der Waals surface area (Å²) in [6.07, 6.45) is 3.36. The molecule has 1 amide bonds. The first-order valence-electron chi connectivity index (χ1n) is 23.0. The van der Waals surface area contributed by atoms with Crippen molar-refractivity contribution in [3.8, 4) is 0 Å². The summed E-state index contributed by atoms with van der Waals surface area (Å²) in [6.45, 7) is 16.0. The Labute approximate surface area is 372 Å². The van der Waals surface area contributed by atoms with E-state index in [0.717, 1.165) is 48.9 Å². The highest BCUT2D eigenvalue weighted by molar-refractivity contribution is 6.00. The standard InChI is InChI=1S/C48H71N5O10/c1-10-38-48(7)42(51-46(58)63-48)35(28-49-19-22-53-20-13-14-21-53)39(54)29(2)26-47(6,59-23-15-16-33-25-34-17-11-12-18-36(34)50-27-33)43(31(4)40(55)32(5)44(57)61-38)62-45-41(56)37(52(8)9)24-30(3)60-45/h11-12,15-18,25,27,29-32,35,37-38,41-43,45,49,56H,10,13-14,19-24,26,28H2,1-9H3,(H,51,58)/b16-15+/t29-,30-,31+,32-,35+,37+,38-,41-,42-,43-,45+,47+,48-/m1/s1. The van der Waals surface area contributed by atoms with E-state index in [1.165, 1.54) is 6.92 Å². The van der Waals surface area contributed by atoms with Crippen LogP contribution in [0.25, 0.3) is 17.0 Å². The van der Waals surface area contributed by atoms with Crippen molar-refractivity contribution in [2.24, 2.45) is 23.7 Å². The second kappa shape index (κ2) is 21.0. The number of rotatable bonds is 13. The minimum Gasteiger partial charge on any atom is -0.458 e. The van der Waals surface area contributed by atoms with E-state index in [2.05, 4.69) is 20.5 Å². The Morgan fingerprint density at radius 1 is 1.06 bits per heavy atom. The third kappa shape index (κ3) is 11.2. The zero-order valence-corrected chi connectivity index (χ0v) is 38.7. The Kier molecular flexibility index (Phi) is 16.2. The summed E-state index contributed by atoms with van der Waals surface area (Å²) in [6, 6.07) is 8.68. The number of benzene rings is 1. The number of hydrogen-bond donors (Lipinski definition) is 3. The van der Waals surface area contributed by atoms with Gasteiger partial charge in [0, 0.05) is 49.1 Å². The van der Waals surface area contributed by atoms with Crippen molar-refractivity contribution in [1.82, 2.24) is 25.4 Å². The quantitative estimate of drug-likeness (QED) is 0.142. The Hall–Kier alpha value is -3.83.